The summed E-state index contributed by atoms with van der Waals surface area (Å²) in [6.45, 7) is 1.19. The Hall–Kier alpha value is -1.58. The molecule has 0 heterocycles. The Morgan fingerprint density at radius 3 is 2.43 bits per heavy atom. The van der Waals surface area contributed by atoms with Gasteiger partial charge in [0.15, 0.2) is 0 Å². The molecule has 2 aromatic carbocycles. The molecule has 0 aliphatic heterocycles. The normalized spacial score (nSPS) is 10.4. The van der Waals surface area contributed by atoms with Crippen molar-refractivity contribution >= 4 is 28.9 Å². The number of unbranched alkanes of at least 4 members (excludes halogenated alkanes) is 1. The molecule has 5 heteroatoms. The lowest BCUT2D eigenvalue weighted by Gasteiger charge is -2.09. The van der Waals surface area contributed by atoms with Gasteiger partial charge in [-0.15, -0.1) is 0 Å². The first-order valence-electron chi connectivity index (χ1n) is 6.71. The highest BCUT2D eigenvalue weighted by Crippen LogP contribution is 2.27. The average molecular weight is 326 g/mol. The second kappa shape index (κ2) is 8.01. The number of nitrogens with two attached hydrogens (primary N) is 1. The van der Waals surface area contributed by atoms with Crippen molar-refractivity contribution < 1.29 is 9.47 Å². The molecule has 0 unspecified atom stereocenters. The number of nitrogen functional groups attached to an aromatic ring is 1. The minimum absolute atomic E-state index is 0.565. The molecule has 0 saturated carbocycles. The van der Waals surface area contributed by atoms with Crippen molar-refractivity contribution in [2.75, 3.05) is 18.9 Å². The smallest absolute Gasteiger partial charge is 0.139 e. The summed E-state index contributed by atoms with van der Waals surface area (Å²) < 4.78 is 11.2. The fourth-order valence-corrected chi connectivity index (χ4v) is 2.10. The minimum Gasteiger partial charge on any atom is -0.494 e. The van der Waals surface area contributed by atoms with Crippen molar-refractivity contribution in [1.82, 2.24) is 0 Å². The molecule has 0 radical (unpaired) electrons. The third-order valence-electron chi connectivity index (χ3n) is 2.82. The number of benzene rings is 2. The molecule has 2 N–H and O–H groups in total. The Morgan fingerprint density at radius 2 is 1.67 bits per heavy atom. The Morgan fingerprint density at radius 1 is 0.905 bits per heavy atom. The lowest BCUT2D eigenvalue weighted by molar-refractivity contribution is 0.266. The van der Waals surface area contributed by atoms with Gasteiger partial charge in [0, 0.05) is 22.8 Å². The van der Waals surface area contributed by atoms with E-state index in [1.54, 1.807) is 18.2 Å². The third-order valence-corrected chi connectivity index (χ3v) is 3.36. The van der Waals surface area contributed by atoms with Crippen LogP contribution in [0.4, 0.5) is 5.69 Å². The van der Waals surface area contributed by atoms with Crippen LogP contribution in [0.3, 0.4) is 0 Å². The molecule has 21 heavy (non-hydrogen) atoms. The van der Waals surface area contributed by atoms with Crippen LogP contribution in [0.15, 0.2) is 42.5 Å². The molecular weight excluding hydrogens is 309 g/mol. The third kappa shape index (κ3) is 5.37. The molecule has 2 aromatic rings. The van der Waals surface area contributed by atoms with Gasteiger partial charge in [-0.2, -0.15) is 0 Å². The molecule has 0 saturated heterocycles. The summed E-state index contributed by atoms with van der Waals surface area (Å²) in [5.74, 6) is 1.40. The van der Waals surface area contributed by atoms with Crippen LogP contribution < -0.4 is 15.2 Å². The molecular formula is C16H17Cl2NO2. The van der Waals surface area contributed by atoms with E-state index >= 15 is 0 Å². The quantitative estimate of drug-likeness (QED) is 0.586. The molecule has 0 aromatic heterocycles. The van der Waals surface area contributed by atoms with E-state index in [0.29, 0.717) is 34.7 Å². The first kappa shape index (κ1) is 15.8. The van der Waals surface area contributed by atoms with Gasteiger partial charge in [-0.25, -0.2) is 0 Å². The topological polar surface area (TPSA) is 44.5 Å². The zero-order valence-electron chi connectivity index (χ0n) is 11.5. The second-order valence-corrected chi connectivity index (χ2v) is 5.39. The summed E-state index contributed by atoms with van der Waals surface area (Å²) in [4.78, 5) is 0. The van der Waals surface area contributed by atoms with E-state index in [1.807, 2.05) is 24.3 Å². The van der Waals surface area contributed by atoms with E-state index in [1.165, 1.54) is 0 Å². The molecule has 0 aliphatic rings. The van der Waals surface area contributed by atoms with Crippen LogP contribution in [0.2, 0.25) is 10.0 Å². The van der Waals surface area contributed by atoms with Crippen LogP contribution in [-0.4, -0.2) is 13.2 Å². The van der Waals surface area contributed by atoms with Gasteiger partial charge in [0.1, 0.15) is 11.5 Å². The van der Waals surface area contributed by atoms with Crippen LogP contribution in [0, 0.1) is 0 Å². The maximum absolute atomic E-state index is 6.01. The molecule has 2 rings (SSSR count). The monoisotopic (exact) mass is 325 g/mol. The van der Waals surface area contributed by atoms with Crippen LogP contribution in [0.5, 0.6) is 11.5 Å². The van der Waals surface area contributed by atoms with Gasteiger partial charge in [-0.05, 0) is 37.1 Å². The first-order chi connectivity index (χ1) is 10.1. The lowest BCUT2D eigenvalue weighted by Crippen LogP contribution is -2.03. The summed E-state index contributed by atoms with van der Waals surface area (Å²) in [7, 11) is 0. The van der Waals surface area contributed by atoms with E-state index in [0.717, 1.165) is 18.6 Å². The van der Waals surface area contributed by atoms with E-state index in [9.17, 15) is 0 Å². The van der Waals surface area contributed by atoms with Crippen molar-refractivity contribution in [1.29, 1.82) is 0 Å². The number of halogens is 2. The fraction of sp³-hybridized carbons (Fsp3) is 0.250. The predicted octanol–water partition coefficient (Wildman–Crippen LogP) is 4.81. The second-order valence-electron chi connectivity index (χ2n) is 4.55. The van der Waals surface area contributed by atoms with E-state index in [-0.39, 0.29) is 0 Å². The first-order valence-corrected chi connectivity index (χ1v) is 7.47. The Balaban J connectivity index is 1.65. The van der Waals surface area contributed by atoms with Gasteiger partial charge in [0.25, 0.3) is 0 Å². The Labute approximate surface area is 134 Å². The van der Waals surface area contributed by atoms with Gasteiger partial charge in [-0.1, -0.05) is 29.3 Å². The highest BCUT2D eigenvalue weighted by molar-refractivity contribution is 6.34. The van der Waals surface area contributed by atoms with Crippen molar-refractivity contribution in [3.05, 3.63) is 52.5 Å². The van der Waals surface area contributed by atoms with Crippen LogP contribution >= 0.6 is 23.2 Å². The number of ether oxygens (including phenoxy) is 2. The zero-order valence-corrected chi connectivity index (χ0v) is 13.0. The van der Waals surface area contributed by atoms with Gasteiger partial charge in [0.05, 0.1) is 18.2 Å². The number of hydrogen-bond acceptors (Lipinski definition) is 3. The predicted molar refractivity (Wildman–Crippen MR) is 87.5 cm³/mol. The van der Waals surface area contributed by atoms with Gasteiger partial charge in [-0.3, -0.25) is 0 Å². The Kier molecular flexibility index (Phi) is 6.03. The summed E-state index contributed by atoms with van der Waals surface area (Å²) in [6, 6.07) is 12.6. The van der Waals surface area contributed by atoms with E-state index < -0.39 is 0 Å². The van der Waals surface area contributed by atoms with Crippen LogP contribution in [0.1, 0.15) is 12.8 Å². The van der Waals surface area contributed by atoms with Crippen LogP contribution in [-0.2, 0) is 0 Å². The Bertz CT molecular complexity index is 590. The molecule has 0 fully saturated rings. The molecule has 0 atom stereocenters. The number of hydrogen-bond donors (Lipinski definition) is 1. The maximum atomic E-state index is 6.01. The van der Waals surface area contributed by atoms with Gasteiger partial charge in [0.2, 0.25) is 0 Å². The van der Waals surface area contributed by atoms with Crippen molar-refractivity contribution in [3.63, 3.8) is 0 Å². The maximum Gasteiger partial charge on any atom is 0.139 e. The van der Waals surface area contributed by atoms with Crippen molar-refractivity contribution in [2.24, 2.45) is 0 Å². The minimum atomic E-state index is 0.565. The van der Waals surface area contributed by atoms with Crippen molar-refractivity contribution in [2.45, 2.75) is 12.8 Å². The summed E-state index contributed by atoms with van der Waals surface area (Å²) >= 11 is 11.9. The molecule has 112 valence electrons. The van der Waals surface area contributed by atoms with Crippen molar-refractivity contribution in [3.8, 4) is 11.5 Å². The molecule has 0 aliphatic carbocycles. The highest BCUT2D eigenvalue weighted by atomic mass is 35.5. The molecule has 3 nitrogen and oxygen atoms in total. The summed E-state index contributed by atoms with van der Waals surface area (Å²) in [6.07, 6.45) is 1.75. The highest BCUT2D eigenvalue weighted by Gasteiger charge is 2.02. The zero-order chi connectivity index (χ0) is 15.1. The van der Waals surface area contributed by atoms with E-state index in [2.05, 4.69) is 0 Å². The molecule has 0 bridgehead atoms. The van der Waals surface area contributed by atoms with E-state index in [4.69, 9.17) is 38.4 Å². The molecule has 0 amide bonds. The average Bonchev–Trinajstić information content (AvgIpc) is 2.46. The molecule has 0 spiro atoms. The fourth-order valence-electron chi connectivity index (χ4n) is 1.77. The summed E-state index contributed by atoms with van der Waals surface area (Å²) in [5.41, 5.74) is 6.38. The largest absolute Gasteiger partial charge is 0.494 e. The summed E-state index contributed by atoms with van der Waals surface area (Å²) in [5, 5.41) is 1.18. The number of rotatable bonds is 7. The standard InChI is InChI=1S/C16H17Cl2NO2/c17-12-6-7-15(18)16(10-12)21-9-2-1-8-20-14-5-3-4-13(19)11-14/h3-7,10-11H,1-2,8-9,19H2. The number of anilines is 1. The van der Waals surface area contributed by atoms with Crippen LogP contribution in [0.25, 0.3) is 0 Å². The SMILES string of the molecule is Nc1cccc(OCCCCOc2cc(Cl)ccc2Cl)c1. The van der Waals surface area contributed by atoms with Gasteiger partial charge >= 0.3 is 0 Å². The lowest BCUT2D eigenvalue weighted by atomic mass is 10.3. The van der Waals surface area contributed by atoms with Gasteiger partial charge < -0.3 is 15.2 Å².